The summed E-state index contributed by atoms with van der Waals surface area (Å²) in [4.78, 5) is 6.74. The summed E-state index contributed by atoms with van der Waals surface area (Å²) in [5.41, 5.74) is 2.35. The largest absolute Gasteiger partial charge is 0.307 e. The molecule has 0 atom stereocenters. The third-order valence-electron chi connectivity index (χ3n) is 5.07. The minimum Gasteiger partial charge on any atom is -0.307 e. The summed E-state index contributed by atoms with van der Waals surface area (Å²) in [6.07, 6.45) is 5.85. The van der Waals surface area contributed by atoms with Crippen molar-refractivity contribution in [3.05, 3.63) is 65.7 Å². The molecule has 26 heavy (non-hydrogen) atoms. The van der Waals surface area contributed by atoms with Crippen LogP contribution in [0, 0.1) is 5.82 Å². The normalized spacial score (nSPS) is 19.6. The van der Waals surface area contributed by atoms with Crippen molar-refractivity contribution >= 4 is 0 Å². The van der Waals surface area contributed by atoms with E-state index in [1.165, 1.54) is 11.6 Å². The molecule has 0 spiro atoms. The molecule has 3 rings (SSSR count). The highest BCUT2D eigenvalue weighted by molar-refractivity contribution is 5.17. The second kappa shape index (κ2) is 7.45. The fourth-order valence-electron chi connectivity index (χ4n) is 4.44. The number of hydrogen-bond donors (Lipinski definition) is 1. The molecule has 2 aromatic rings. The van der Waals surface area contributed by atoms with E-state index in [0.717, 1.165) is 31.5 Å². The lowest BCUT2D eigenvalue weighted by atomic mass is 9.79. The van der Waals surface area contributed by atoms with Gasteiger partial charge in [-0.2, -0.15) is 0 Å². The zero-order valence-corrected chi connectivity index (χ0v) is 16.3. The van der Waals surface area contributed by atoms with Crippen molar-refractivity contribution in [3.8, 4) is 0 Å². The van der Waals surface area contributed by atoms with Gasteiger partial charge in [-0.15, -0.1) is 0 Å². The molecule has 0 unspecified atom stereocenters. The van der Waals surface area contributed by atoms with Crippen molar-refractivity contribution in [2.24, 2.45) is 0 Å². The fraction of sp³-hybridized carbons (Fsp3) is 0.500. The Morgan fingerprint density at radius 2 is 1.69 bits per heavy atom. The lowest BCUT2D eigenvalue weighted by Crippen LogP contribution is -2.62. The first-order valence-electron chi connectivity index (χ1n) is 9.39. The SMILES string of the molecule is CC1(C)CC(N(Cc2cccnc2)Cc2cccc(F)c2)CC(C)(C)N1. The van der Waals surface area contributed by atoms with E-state index in [1.54, 1.807) is 18.3 Å². The molecule has 0 radical (unpaired) electrons. The van der Waals surface area contributed by atoms with Gasteiger partial charge in [0, 0.05) is 42.6 Å². The summed E-state index contributed by atoms with van der Waals surface area (Å²) in [5, 5.41) is 3.75. The number of pyridine rings is 1. The molecule has 3 nitrogen and oxygen atoms in total. The smallest absolute Gasteiger partial charge is 0.123 e. The van der Waals surface area contributed by atoms with Gasteiger partial charge in [-0.3, -0.25) is 9.88 Å². The molecule has 0 saturated carbocycles. The van der Waals surface area contributed by atoms with Gasteiger partial charge in [-0.25, -0.2) is 4.39 Å². The Balaban J connectivity index is 1.86. The van der Waals surface area contributed by atoms with Gasteiger partial charge < -0.3 is 5.32 Å². The Kier molecular flexibility index (Phi) is 5.44. The highest BCUT2D eigenvalue weighted by Gasteiger charge is 2.39. The van der Waals surface area contributed by atoms with E-state index in [2.05, 4.69) is 49.0 Å². The molecule has 0 amide bonds. The van der Waals surface area contributed by atoms with Gasteiger partial charge in [0.05, 0.1) is 0 Å². The van der Waals surface area contributed by atoms with E-state index in [1.807, 2.05) is 18.3 Å². The molecule has 1 N–H and O–H groups in total. The van der Waals surface area contributed by atoms with Crippen LogP contribution in [0.15, 0.2) is 48.8 Å². The third-order valence-corrected chi connectivity index (χ3v) is 5.07. The maximum atomic E-state index is 13.7. The molecule has 0 aliphatic carbocycles. The van der Waals surface area contributed by atoms with Gasteiger partial charge in [-0.1, -0.05) is 18.2 Å². The Morgan fingerprint density at radius 1 is 1.04 bits per heavy atom. The summed E-state index contributed by atoms with van der Waals surface area (Å²) < 4.78 is 13.7. The van der Waals surface area contributed by atoms with Crippen LogP contribution in [0.4, 0.5) is 4.39 Å². The maximum absolute atomic E-state index is 13.7. The molecule has 1 aromatic heterocycles. The minimum atomic E-state index is -0.171. The number of rotatable bonds is 5. The molecule has 4 heteroatoms. The van der Waals surface area contributed by atoms with Crippen LogP contribution in [-0.4, -0.2) is 27.0 Å². The number of halogens is 1. The average Bonchev–Trinajstić information content (AvgIpc) is 2.52. The number of nitrogens with one attached hydrogen (secondary N) is 1. The van der Waals surface area contributed by atoms with Crippen molar-refractivity contribution in [2.45, 2.75) is 70.7 Å². The molecule has 1 saturated heterocycles. The summed E-state index contributed by atoms with van der Waals surface area (Å²) in [6.45, 7) is 10.6. The molecular formula is C22H30FN3. The minimum absolute atomic E-state index is 0.0710. The van der Waals surface area contributed by atoms with Crippen molar-refractivity contribution in [1.82, 2.24) is 15.2 Å². The lowest BCUT2D eigenvalue weighted by molar-refractivity contribution is 0.0562. The van der Waals surface area contributed by atoms with Crippen LogP contribution >= 0.6 is 0 Å². The van der Waals surface area contributed by atoms with Gasteiger partial charge in [0.25, 0.3) is 0 Å². The number of aromatic nitrogens is 1. The van der Waals surface area contributed by atoms with E-state index in [4.69, 9.17) is 0 Å². The first-order chi connectivity index (χ1) is 12.2. The van der Waals surface area contributed by atoms with E-state index < -0.39 is 0 Å². The van der Waals surface area contributed by atoms with Gasteiger partial charge in [0.15, 0.2) is 0 Å². The van der Waals surface area contributed by atoms with Gasteiger partial charge in [-0.05, 0) is 69.9 Å². The van der Waals surface area contributed by atoms with Crippen LogP contribution < -0.4 is 5.32 Å². The number of nitrogens with zero attached hydrogens (tertiary/aromatic N) is 2. The van der Waals surface area contributed by atoms with Crippen molar-refractivity contribution in [1.29, 1.82) is 0 Å². The van der Waals surface area contributed by atoms with Crippen LogP contribution in [0.2, 0.25) is 0 Å². The topological polar surface area (TPSA) is 28.2 Å². The van der Waals surface area contributed by atoms with E-state index >= 15 is 0 Å². The summed E-state index contributed by atoms with van der Waals surface area (Å²) in [5.74, 6) is -0.171. The Hall–Kier alpha value is -1.78. The van der Waals surface area contributed by atoms with E-state index in [0.29, 0.717) is 6.04 Å². The Labute approximate surface area is 156 Å². The molecule has 2 heterocycles. The van der Waals surface area contributed by atoms with Crippen LogP contribution in [0.25, 0.3) is 0 Å². The number of hydrogen-bond acceptors (Lipinski definition) is 3. The van der Waals surface area contributed by atoms with Crippen LogP contribution in [-0.2, 0) is 13.1 Å². The highest BCUT2D eigenvalue weighted by atomic mass is 19.1. The van der Waals surface area contributed by atoms with Gasteiger partial charge >= 0.3 is 0 Å². The molecule has 1 aliphatic rings. The number of piperidine rings is 1. The molecule has 0 bridgehead atoms. The second-order valence-corrected chi connectivity index (χ2v) is 8.85. The Bertz CT molecular complexity index is 711. The quantitative estimate of drug-likeness (QED) is 0.854. The number of benzene rings is 1. The van der Waals surface area contributed by atoms with Crippen LogP contribution in [0.5, 0.6) is 0 Å². The first-order valence-corrected chi connectivity index (χ1v) is 9.39. The standard InChI is InChI=1S/C22H30FN3/c1-21(2)12-20(13-22(3,4)25-21)26(16-18-8-6-10-24-14-18)15-17-7-5-9-19(23)11-17/h5-11,14,20,25H,12-13,15-16H2,1-4H3. The van der Waals surface area contributed by atoms with Gasteiger partial charge in [0.2, 0.25) is 0 Å². The van der Waals surface area contributed by atoms with E-state index in [9.17, 15) is 4.39 Å². The average molecular weight is 356 g/mol. The van der Waals surface area contributed by atoms with Crippen LogP contribution in [0.1, 0.15) is 51.7 Å². The van der Waals surface area contributed by atoms with Crippen molar-refractivity contribution in [2.75, 3.05) is 0 Å². The fourth-order valence-corrected chi connectivity index (χ4v) is 4.44. The maximum Gasteiger partial charge on any atom is 0.123 e. The summed E-state index contributed by atoms with van der Waals surface area (Å²) >= 11 is 0. The highest BCUT2D eigenvalue weighted by Crippen LogP contribution is 2.33. The molecular weight excluding hydrogens is 325 g/mol. The van der Waals surface area contributed by atoms with Crippen LogP contribution in [0.3, 0.4) is 0 Å². The molecule has 140 valence electrons. The molecule has 1 fully saturated rings. The molecule has 1 aromatic carbocycles. The summed E-state index contributed by atoms with van der Waals surface area (Å²) in [6, 6.07) is 11.5. The zero-order valence-electron chi connectivity index (χ0n) is 16.3. The predicted molar refractivity (Wildman–Crippen MR) is 104 cm³/mol. The van der Waals surface area contributed by atoms with Crippen molar-refractivity contribution in [3.63, 3.8) is 0 Å². The van der Waals surface area contributed by atoms with Crippen molar-refractivity contribution < 1.29 is 4.39 Å². The third kappa shape index (κ3) is 5.12. The molecule has 1 aliphatic heterocycles. The monoisotopic (exact) mass is 355 g/mol. The Morgan fingerprint density at radius 3 is 2.31 bits per heavy atom. The second-order valence-electron chi connectivity index (χ2n) is 8.85. The summed E-state index contributed by atoms with van der Waals surface area (Å²) in [7, 11) is 0. The predicted octanol–water partition coefficient (Wildman–Crippen LogP) is 4.53. The van der Waals surface area contributed by atoms with E-state index in [-0.39, 0.29) is 16.9 Å². The lowest BCUT2D eigenvalue weighted by Gasteiger charge is -2.49. The zero-order chi connectivity index (χ0) is 18.8. The van der Waals surface area contributed by atoms with Gasteiger partial charge in [0.1, 0.15) is 5.82 Å². The first kappa shape index (κ1) is 19.0.